The van der Waals surface area contributed by atoms with Gasteiger partial charge in [-0.15, -0.1) is 0 Å². The van der Waals surface area contributed by atoms with E-state index in [4.69, 9.17) is 10.5 Å². The molecule has 1 unspecified atom stereocenters. The maximum atomic E-state index is 13.5. The zero-order valence-electron chi connectivity index (χ0n) is 18.9. The molecule has 5 rings (SSSR count). The maximum Gasteiger partial charge on any atom is 0.344 e. The van der Waals surface area contributed by atoms with Gasteiger partial charge < -0.3 is 20.8 Å². The number of amides is 1. The Balaban J connectivity index is 1.52. The van der Waals surface area contributed by atoms with Crippen LogP contribution in [0.15, 0.2) is 58.4 Å². The number of anilines is 1. The number of primary amides is 1. The summed E-state index contributed by atoms with van der Waals surface area (Å²) in [5.41, 5.74) is 4.91. The number of nitrogens with two attached hydrogens (primary N) is 1. The number of aromatic amines is 1. The molecule has 0 spiro atoms. The lowest BCUT2D eigenvalue weighted by Gasteiger charge is -2.33. The van der Waals surface area contributed by atoms with Crippen LogP contribution in [0.3, 0.4) is 0 Å². The monoisotopic (exact) mass is 495 g/mol. The first-order chi connectivity index (χ1) is 16.7. The summed E-state index contributed by atoms with van der Waals surface area (Å²) in [6.07, 6.45) is 4.10. The van der Waals surface area contributed by atoms with Crippen LogP contribution in [0.25, 0.3) is 10.9 Å². The van der Waals surface area contributed by atoms with Crippen molar-refractivity contribution >= 4 is 38.3 Å². The molecule has 35 heavy (non-hydrogen) atoms. The fourth-order valence-electron chi connectivity index (χ4n) is 4.97. The topological polar surface area (TPSA) is 148 Å². The Morgan fingerprint density at radius 3 is 2.54 bits per heavy atom. The second-order valence-corrected chi connectivity index (χ2v) is 11.2. The van der Waals surface area contributed by atoms with Crippen LogP contribution in [0.1, 0.15) is 53.3 Å². The van der Waals surface area contributed by atoms with Gasteiger partial charge in [-0.3, -0.25) is 9.59 Å². The molecule has 0 radical (unpaired) electrons. The number of H-pyrrole nitrogens is 1. The largest absolute Gasteiger partial charge is 0.445 e. The summed E-state index contributed by atoms with van der Waals surface area (Å²) in [6.45, 7) is 0.220. The first-order valence-corrected chi connectivity index (χ1v) is 13.0. The molecule has 1 aliphatic heterocycles. The molecule has 2 aromatic carbocycles. The van der Waals surface area contributed by atoms with Gasteiger partial charge in [-0.25, -0.2) is 13.2 Å². The molecule has 10 heteroatoms. The van der Waals surface area contributed by atoms with Crippen molar-refractivity contribution in [3.8, 4) is 0 Å². The van der Waals surface area contributed by atoms with Crippen LogP contribution in [0.5, 0.6) is 0 Å². The quantitative estimate of drug-likeness (QED) is 0.461. The van der Waals surface area contributed by atoms with Crippen LogP contribution in [0.2, 0.25) is 0 Å². The Kier molecular flexibility index (Phi) is 5.63. The van der Waals surface area contributed by atoms with Crippen molar-refractivity contribution in [2.24, 2.45) is 5.73 Å². The molecule has 1 aromatic heterocycles. The normalized spacial score (nSPS) is 19.0. The smallest absolute Gasteiger partial charge is 0.344 e. The highest BCUT2D eigenvalue weighted by molar-refractivity contribution is 7.91. The van der Waals surface area contributed by atoms with Crippen molar-refractivity contribution in [3.63, 3.8) is 0 Å². The molecule has 2 aliphatic rings. The van der Waals surface area contributed by atoms with E-state index in [1.54, 1.807) is 12.1 Å². The lowest BCUT2D eigenvalue weighted by atomic mass is 9.84. The second-order valence-electron chi connectivity index (χ2n) is 9.05. The Morgan fingerprint density at radius 2 is 1.80 bits per heavy atom. The highest BCUT2D eigenvalue weighted by Crippen LogP contribution is 2.38. The van der Waals surface area contributed by atoms with Crippen molar-refractivity contribution in [1.29, 1.82) is 0 Å². The molecule has 182 valence electrons. The summed E-state index contributed by atoms with van der Waals surface area (Å²) in [7, 11) is -3.83. The second kappa shape index (κ2) is 8.53. The lowest BCUT2D eigenvalue weighted by Crippen LogP contribution is -2.49. The average molecular weight is 496 g/mol. The Morgan fingerprint density at radius 1 is 1.06 bits per heavy atom. The first kappa shape index (κ1) is 23.1. The molecule has 1 atom stereocenters. The molecule has 4 N–H and O–H groups in total. The van der Waals surface area contributed by atoms with E-state index in [-0.39, 0.29) is 22.4 Å². The van der Waals surface area contributed by atoms with Crippen molar-refractivity contribution in [2.75, 3.05) is 11.9 Å². The molecule has 1 fully saturated rings. The van der Waals surface area contributed by atoms with Gasteiger partial charge in [0, 0.05) is 29.3 Å². The van der Waals surface area contributed by atoms with E-state index < -0.39 is 38.0 Å². The number of nitrogens with one attached hydrogen (secondary N) is 2. The molecule has 3 aromatic rings. The number of ether oxygens (including phenoxy) is 1. The number of rotatable bonds is 5. The molecule has 2 heterocycles. The summed E-state index contributed by atoms with van der Waals surface area (Å²) in [6, 6.07) is 11.4. The minimum atomic E-state index is -3.83. The van der Waals surface area contributed by atoms with Crippen molar-refractivity contribution in [3.05, 3.63) is 70.0 Å². The van der Waals surface area contributed by atoms with E-state index in [2.05, 4.69) is 10.3 Å². The standard InChI is InChI=1S/C25H25N3O6S/c26-24(31)25(10-4-1-5-11-25)34-23(30)18-13-27-20-9-8-15(12-17(20)22(18)29)35(32,33)21-14-28-19-7-3-2-6-16(19)21/h2-3,6-9,12-13,21,28H,1,4-5,10-11,14H2,(H2,26,31)(H,27,29). The molecule has 0 saturated heterocycles. The van der Waals surface area contributed by atoms with Gasteiger partial charge >= 0.3 is 5.97 Å². The van der Waals surface area contributed by atoms with Gasteiger partial charge in [-0.2, -0.15) is 0 Å². The summed E-state index contributed by atoms with van der Waals surface area (Å²) in [5.74, 6) is -1.70. The van der Waals surface area contributed by atoms with E-state index in [0.717, 1.165) is 12.1 Å². The highest BCUT2D eigenvalue weighted by atomic mass is 32.2. The van der Waals surface area contributed by atoms with E-state index >= 15 is 0 Å². The average Bonchev–Trinajstić information content (AvgIpc) is 3.29. The fourth-order valence-corrected chi connectivity index (χ4v) is 6.68. The number of hydrogen-bond acceptors (Lipinski definition) is 7. The number of carbonyl (C=O) groups excluding carboxylic acids is 2. The van der Waals surface area contributed by atoms with Crippen molar-refractivity contribution < 1.29 is 22.7 Å². The van der Waals surface area contributed by atoms with Crippen LogP contribution in [0.4, 0.5) is 5.69 Å². The number of carbonyl (C=O) groups is 2. The molecular formula is C25H25N3O6S. The van der Waals surface area contributed by atoms with Gasteiger partial charge in [0.05, 0.1) is 4.90 Å². The van der Waals surface area contributed by atoms with E-state index in [9.17, 15) is 22.8 Å². The summed E-state index contributed by atoms with van der Waals surface area (Å²) in [5, 5.41) is 2.34. The van der Waals surface area contributed by atoms with Gasteiger partial charge in [-0.05, 0) is 55.5 Å². The SMILES string of the molecule is NC(=O)C1(OC(=O)c2c[nH]c3ccc(S(=O)(=O)C4CNc5ccccc54)cc3c2=O)CCCCC1. The van der Waals surface area contributed by atoms with Crippen LogP contribution in [-0.2, 0) is 19.4 Å². The summed E-state index contributed by atoms with van der Waals surface area (Å²) in [4.78, 5) is 41.1. The van der Waals surface area contributed by atoms with Crippen LogP contribution >= 0.6 is 0 Å². The van der Waals surface area contributed by atoms with Gasteiger partial charge in [0.1, 0.15) is 10.8 Å². The molecule has 1 amide bonds. The van der Waals surface area contributed by atoms with Gasteiger partial charge in [0.25, 0.3) is 5.91 Å². The zero-order valence-corrected chi connectivity index (χ0v) is 19.7. The predicted octanol–water partition coefficient (Wildman–Crippen LogP) is 2.81. The van der Waals surface area contributed by atoms with E-state index in [1.807, 2.05) is 12.1 Å². The third kappa shape index (κ3) is 3.87. The van der Waals surface area contributed by atoms with Crippen LogP contribution in [-0.4, -0.2) is 37.4 Å². The first-order valence-electron chi connectivity index (χ1n) is 11.5. The maximum absolute atomic E-state index is 13.5. The van der Waals surface area contributed by atoms with Crippen molar-refractivity contribution in [1.82, 2.24) is 4.98 Å². The van der Waals surface area contributed by atoms with Crippen LogP contribution in [0, 0.1) is 0 Å². The number of fused-ring (bicyclic) bond motifs is 2. The van der Waals surface area contributed by atoms with E-state index in [1.165, 1.54) is 24.4 Å². The summed E-state index contributed by atoms with van der Waals surface area (Å²) < 4.78 is 32.4. The number of aromatic nitrogens is 1. The fraction of sp³-hybridized carbons (Fsp3) is 0.320. The summed E-state index contributed by atoms with van der Waals surface area (Å²) >= 11 is 0. The Bertz CT molecular complexity index is 1510. The van der Waals surface area contributed by atoms with Crippen molar-refractivity contribution in [2.45, 2.75) is 47.9 Å². The Hall–Kier alpha value is -3.66. The minimum Gasteiger partial charge on any atom is -0.445 e. The lowest BCUT2D eigenvalue weighted by molar-refractivity contribution is -0.140. The number of sulfone groups is 1. The predicted molar refractivity (Wildman–Crippen MR) is 130 cm³/mol. The number of hydrogen-bond donors (Lipinski definition) is 3. The molecular weight excluding hydrogens is 470 g/mol. The molecule has 0 bridgehead atoms. The van der Waals surface area contributed by atoms with E-state index in [0.29, 0.717) is 36.8 Å². The zero-order chi connectivity index (χ0) is 24.8. The number of benzene rings is 2. The van der Waals surface area contributed by atoms with Gasteiger partial charge in [0.2, 0.25) is 5.43 Å². The molecule has 9 nitrogen and oxygen atoms in total. The van der Waals surface area contributed by atoms with Gasteiger partial charge in [0.15, 0.2) is 15.4 Å². The van der Waals surface area contributed by atoms with Gasteiger partial charge in [-0.1, -0.05) is 24.6 Å². The minimum absolute atomic E-state index is 0.0228. The number of para-hydroxylation sites is 1. The Labute approximate surface area is 201 Å². The highest BCUT2D eigenvalue weighted by Gasteiger charge is 2.42. The van der Waals surface area contributed by atoms with Crippen LogP contribution < -0.4 is 16.5 Å². The third-order valence-electron chi connectivity index (χ3n) is 6.96. The number of esters is 1. The molecule has 1 saturated carbocycles. The molecule has 1 aliphatic carbocycles. The third-order valence-corrected chi connectivity index (χ3v) is 9.04. The number of pyridine rings is 1.